The molecule has 2 aliphatic rings. The Labute approximate surface area is 312 Å². The maximum absolute atomic E-state index is 2.48. The average molecular weight is 680 g/mol. The second kappa shape index (κ2) is 11.7. The van der Waals surface area contributed by atoms with Gasteiger partial charge >= 0.3 is 0 Å². The second-order valence-corrected chi connectivity index (χ2v) is 15.8. The first-order chi connectivity index (χ1) is 25.8. The molecule has 0 atom stereocenters. The van der Waals surface area contributed by atoms with Gasteiger partial charge in [-0.1, -0.05) is 161 Å². The summed E-state index contributed by atoms with van der Waals surface area (Å²) in [5.41, 5.74) is 19.0. The van der Waals surface area contributed by atoms with Gasteiger partial charge in [0.25, 0.3) is 0 Å². The van der Waals surface area contributed by atoms with E-state index in [-0.39, 0.29) is 10.8 Å². The Morgan fingerprint density at radius 1 is 0.321 bits per heavy atom. The molecule has 0 spiro atoms. The molecule has 2 aliphatic carbocycles. The molecule has 0 aromatic heterocycles. The molecule has 0 aliphatic heterocycles. The molecular weight excluding hydrogens is 639 g/mol. The maximum atomic E-state index is 2.48. The molecule has 0 fully saturated rings. The van der Waals surface area contributed by atoms with Crippen LogP contribution < -0.4 is 4.90 Å². The van der Waals surface area contributed by atoms with Gasteiger partial charge in [0.2, 0.25) is 0 Å². The van der Waals surface area contributed by atoms with E-state index in [4.69, 9.17) is 0 Å². The van der Waals surface area contributed by atoms with Crippen molar-refractivity contribution in [1.29, 1.82) is 0 Å². The van der Waals surface area contributed by atoms with Gasteiger partial charge in [0.15, 0.2) is 0 Å². The van der Waals surface area contributed by atoms with Crippen LogP contribution in [0.3, 0.4) is 0 Å². The summed E-state index contributed by atoms with van der Waals surface area (Å²) in [6.07, 6.45) is 0. The van der Waals surface area contributed by atoms with E-state index in [0.717, 1.165) is 17.1 Å². The van der Waals surface area contributed by atoms with Gasteiger partial charge < -0.3 is 4.90 Å². The smallest absolute Gasteiger partial charge is 0.0474 e. The van der Waals surface area contributed by atoms with Crippen molar-refractivity contribution >= 4 is 27.8 Å². The highest BCUT2D eigenvalue weighted by Gasteiger charge is 2.39. The van der Waals surface area contributed by atoms with Crippen molar-refractivity contribution in [2.24, 2.45) is 0 Å². The second-order valence-electron chi connectivity index (χ2n) is 15.8. The highest BCUT2D eigenvalue weighted by atomic mass is 15.1. The molecule has 0 radical (unpaired) electrons. The van der Waals surface area contributed by atoms with Crippen LogP contribution in [0.15, 0.2) is 176 Å². The zero-order chi connectivity index (χ0) is 35.9. The summed E-state index contributed by atoms with van der Waals surface area (Å²) in [6.45, 7) is 9.50. The van der Waals surface area contributed by atoms with Crippen LogP contribution in [0.5, 0.6) is 0 Å². The summed E-state index contributed by atoms with van der Waals surface area (Å²) in [5.74, 6) is 0. The Bertz CT molecular complexity index is 2710. The zero-order valence-corrected chi connectivity index (χ0v) is 30.7. The molecule has 0 amide bonds. The third-order valence-electron chi connectivity index (χ3n) is 12.0. The molecule has 1 nitrogen and oxygen atoms in total. The van der Waals surface area contributed by atoms with Gasteiger partial charge in [0.05, 0.1) is 0 Å². The molecule has 10 rings (SSSR count). The largest absolute Gasteiger partial charge is 0.310 e. The Morgan fingerprint density at radius 2 is 0.887 bits per heavy atom. The predicted molar refractivity (Wildman–Crippen MR) is 225 cm³/mol. The summed E-state index contributed by atoms with van der Waals surface area (Å²) in [7, 11) is 0. The van der Waals surface area contributed by atoms with E-state index in [1.165, 1.54) is 77.5 Å². The summed E-state index contributed by atoms with van der Waals surface area (Å²) in [4.78, 5) is 2.48. The molecule has 0 unspecified atom stereocenters. The highest BCUT2D eigenvalue weighted by Crippen LogP contribution is 2.55. The first-order valence-corrected chi connectivity index (χ1v) is 18.8. The first-order valence-electron chi connectivity index (χ1n) is 18.8. The lowest BCUT2D eigenvalue weighted by molar-refractivity contribution is 0.660. The number of rotatable bonds is 5. The van der Waals surface area contributed by atoms with Gasteiger partial charge in [-0.3, -0.25) is 0 Å². The molecule has 0 saturated carbocycles. The summed E-state index contributed by atoms with van der Waals surface area (Å²) >= 11 is 0. The lowest BCUT2D eigenvalue weighted by Gasteiger charge is -2.30. The van der Waals surface area contributed by atoms with Gasteiger partial charge in [-0.15, -0.1) is 0 Å². The fourth-order valence-corrected chi connectivity index (χ4v) is 9.34. The third-order valence-corrected chi connectivity index (χ3v) is 12.0. The van der Waals surface area contributed by atoms with Crippen LogP contribution in [0.2, 0.25) is 0 Å². The molecule has 1 heteroatoms. The number of nitrogens with zero attached hydrogens (tertiary/aromatic N) is 1. The van der Waals surface area contributed by atoms with Crippen LogP contribution in [0, 0.1) is 0 Å². The van der Waals surface area contributed by atoms with E-state index in [9.17, 15) is 0 Å². The van der Waals surface area contributed by atoms with Crippen molar-refractivity contribution in [3.05, 3.63) is 198 Å². The highest BCUT2D eigenvalue weighted by molar-refractivity contribution is 5.94. The molecule has 0 bridgehead atoms. The van der Waals surface area contributed by atoms with Crippen LogP contribution in [-0.4, -0.2) is 0 Å². The van der Waals surface area contributed by atoms with Gasteiger partial charge in [-0.2, -0.15) is 0 Å². The lowest BCUT2D eigenvalue weighted by atomic mass is 9.78. The van der Waals surface area contributed by atoms with Gasteiger partial charge in [0.1, 0.15) is 0 Å². The fraction of sp³-hybridized carbons (Fsp3) is 0.115. The zero-order valence-electron chi connectivity index (χ0n) is 30.7. The minimum atomic E-state index is -0.134. The van der Waals surface area contributed by atoms with Crippen LogP contribution in [0.4, 0.5) is 17.1 Å². The normalized spacial score (nSPS) is 14.3. The van der Waals surface area contributed by atoms with Gasteiger partial charge in [-0.05, 0) is 120 Å². The molecule has 254 valence electrons. The topological polar surface area (TPSA) is 3.24 Å². The number of anilines is 3. The SMILES string of the molecule is CC1(C)c2ccccc2-c2ccc(N(c3ccc(-c4ccc5ccccc5c4)cc3)c3cc(-c4ccccc4)c4c(c3)-c3ccccc3C4(C)C)cc21. The molecule has 0 N–H and O–H groups in total. The van der Waals surface area contributed by atoms with E-state index in [0.29, 0.717) is 0 Å². The maximum Gasteiger partial charge on any atom is 0.0474 e. The Balaban J connectivity index is 1.19. The number of hydrogen-bond acceptors (Lipinski definition) is 1. The molecule has 8 aromatic rings. The average Bonchev–Trinajstić information content (AvgIpc) is 3.57. The quantitative estimate of drug-likeness (QED) is 0.175. The van der Waals surface area contributed by atoms with Crippen LogP contribution in [-0.2, 0) is 10.8 Å². The summed E-state index contributed by atoms with van der Waals surface area (Å²) in [5, 5.41) is 2.52. The Morgan fingerprint density at radius 3 is 1.64 bits per heavy atom. The van der Waals surface area contributed by atoms with E-state index in [1.807, 2.05) is 0 Å². The van der Waals surface area contributed by atoms with E-state index < -0.39 is 0 Å². The number of benzene rings is 8. The molecule has 0 heterocycles. The number of fused-ring (bicyclic) bond motifs is 7. The summed E-state index contributed by atoms with van der Waals surface area (Å²) < 4.78 is 0. The fourth-order valence-electron chi connectivity index (χ4n) is 9.34. The van der Waals surface area contributed by atoms with Crippen molar-refractivity contribution in [2.75, 3.05) is 4.90 Å². The minimum absolute atomic E-state index is 0.107. The van der Waals surface area contributed by atoms with Crippen LogP contribution >= 0.6 is 0 Å². The Hall–Kier alpha value is -6.18. The van der Waals surface area contributed by atoms with Crippen LogP contribution in [0.25, 0.3) is 55.3 Å². The minimum Gasteiger partial charge on any atom is -0.310 e. The van der Waals surface area contributed by atoms with E-state index in [1.54, 1.807) is 0 Å². The van der Waals surface area contributed by atoms with Crippen molar-refractivity contribution < 1.29 is 0 Å². The standard InChI is InChI=1S/C52H41N/c1-51(2)47-20-12-10-18-42(47)44-29-28-40(33-49(44)51)53(39-26-24-35(25-27-39)38-23-22-34-14-8-9-17-37(34)30-38)41-31-45(36-15-6-5-7-16-36)50-46(32-41)43-19-11-13-21-48(43)52(50,3)4/h5-33H,1-4H3. The molecule has 0 saturated heterocycles. The van der Waals surface area contributed by atoms with Gasteiger partial charge in [-0.25, -0.2) is 0 Å². The predicted octanol–water partition coefficient (Wildman–Crippen LogP) is 14.3. The van der Waals surface area contributed by atoms with Crippen molar-refractivity contribution in [2.45, 2.75) is 38.5 Å². The molecule has 53 heavy (non-hydrogen) atoms. The Kier molecular flexibility index (Phi) is 6.94. The summed E-state index contributed by atoms with van der Waals surface area (Å²) in [6, 6.07) is 65.3. The van der Waals surface area contributed by atoms with Crippen LogP contribution in [0.1, 0.15) is 49.9 Å². The monoisotopic (exact) mass is 679 g/mol. The third kappa shape index (κ3) is 4.84. The van der Waals surface area contributed by atoms with Crippen molar-refractivity contribution in [3.63, 3.8) is 0 Å². The van der Waals surface area contributed by atoms with Gasteiger partial charge in [0, 0.05) is 27.9 Å². The first kappa shape index (κ1) is 31.5. The molecular formula is C52H41N. The number of hydrogen-bond donors (Lipinski definition) is 0. The van der Waals surface area contributed by atoms with E-state index >= 15 is 0 Å². The molecule has 8 aromatic carbocycles. The van der Waals surface area contributed by atoms with E-state index in [2.05, 4.69) is 209 Å². The van der Waals surface area contributed by atoms with Crippen molar-refractivity contribution in [1.82, 2.24) is 0 Å². The lowest BCUT2D eigenvalue weighted by Crippen LogP contribution is -2.18. The van der Waals surface area contributed by atoms with Crippen molar-refractivity contribution in [3.8, 4) is 44.5 Å².